The second-order valence-corrected chi connectivity index (χ2v) is 6.11. The fourth-order valence-electron chi connectivity index (χ4n) is 2.68. The highest BCUT2D eigenvalue weighted by molar-refractivity contribution is 5.89. The number of amides is 2. The number of hydrogen-bond acceptors (Lipinski definition) is 5. The molecule has 3 aromatic rings. The minimum Gasteiger partial charge on any atom is -0.334 e. The van der Waals surface area contributed by atoms with Crippen molar-refractivity contribution in [3.8, 4) is 0 Å². The zero-order chi connectivity index (χ0) is 19.7. The van der Waals surface area contributed by atoms with E-state index >= 15 is 0 Å². The van der Waals surface area contributed by atoms with E-state index in [1.54, 1.807) is 14.0 Å². The molecule has 0 bridgehead atoms. The van der Waals surface area contributed by atoms with E-state index in [4.69, 9.17) is 0 Å². The van der Waals surface area contributed by atoms with Crippen LogP contribution in [0.15, 0.2) is 23.5 Å². The highest BCUT2D eigenvalue weighted by atomic mass is 19.3. The Hall–Kier alpha value is -3.31. The number of carbonyl (C=O) groups excluding carboxylic acids is 1. The summed E-state index contributed by atoms with van der Waals surface area (Å²) in [6, 6.07) is -1.15. The number of hydrogen-bond donors (Lipinski definition) is 2. The molecule has 1 atom stereocenters. The van der Waals surface area contributed by atoms with Crippen LogP contribution >= 0.6 is 0 Å². The number of urea groups is 1. The summed E-state index contributed by atoms with van der Waals surface area (Å²) in [6.45, 7) is 1.83. The highest BCUT2D eigenvalue weighted by Crippen LogP contribution is 2.24. The van der Waals surface area contributed by atoms with Crippen molar-refractivity contribution in [3.63, 3.8) is 0 Å². The average molecular weight is 380 g/mol. The summed E-state index contributed by atoms with van der Waals surface area (Å²) in [5, 5.41) is 12.9. The summed E-state index contributed by atoms with van der Waals surface area (Å²) in [5.74, 6) is 0. The summed E-state index contributed by atoms with van der Waals surface area (Å²) < 4.78 is 29.9. The topological polar surface area (TPSA) is 112 Å². The van der Waals surface area contributed by atoms with Crippen molar-refractivity contribution in [1.29, 1.82) is 0 Å². The molecule has 3 rings (SSSR count). The first-order valence-electron chi connectivity index (χ1n) is 8.02. The number of nitrogens with one attached hydrogen (secondary N) is 2. The molecule has 27 heavy (non-hydrogen) atoms. The normalized spacial score (nSPS) is 12.5. The Morgan fingerprint density at radius 3 is 2.78 bits per heavy atom. The highest BCUT2D eigenvalue weighted by Gasteiger charge is 2.20. The van der Waals surface area contributed by atoms with E-state index < -0.39 is 24.2 Å². The van der Waals surface area contributed by atoms with Gasteiger partial charge in [0.15, 0.2) is 11.3 Å². The van der Waals surface area contributed by atoms with Crippen LogP contribution in [0.4, 0.5) is 19.3 Å². The smallest absolute Gasteiger partial charge is 0.319 e. The zero-order valence-corrected chi connectivity index (χ0v) is 14.8. The van der Waals surface area contributed by atoms with Crippen molar-refractivity contribution < 1.29 is 13.6 Å². The lowest BCUT2D eigenvalue weighted by atomic mass is 10.3. The lowest BCUT2D eigenvalue weighted by Gasteiger charge is -2.15. The van der Waals surface area contributed by atoms with Crippen molar-refractivity contribution in [2.75, 3.05) is 5.32 Å². The van der Waals surface area contributed by atoms with Gasteiger partial charge < -0.3 is 10.6 Å². The van der Waals surface area contributed by atoms with Gasteiger partial charge in [0.2, 0.25) is 0 Å². The predicted octanol–water partition coefficient (Wildman–Crippen LogP) is 1.01. The molecule has 3 heterocycles. The summed E-state index contributed by atoms with van der Waals surface area (Å²) >= 11 is 0. The van der Waals surface area contributed by atoms with Crippen LogP contribution in [0.3, 0.4) is 0 Å². The van der Waals surface area contributed by atoms with Gasteiger partial charge in [-0.15, -0.1) is 0 Å². The fraction of sp³-hybridized carbons (Fsp3) is 0.400. The van der Waals surface area contributed by atoms with Crippen LogP contribution in [0.5, 0.6) is 0 Å². The Morgan fingerprint density at radius 1 is 1.33 bits per heavy atom. The largest absolute Gasteiger partial charge is 0.334 e. The number of carbonyl (C=O) groups is 1. The monoisotopic (exact) mass is 380 g/mol. The number of aryl methyl sites for hydroxylation is 2. The predicted molar refractivity (Wildman–Crippen MR) is 92.6 cm³/mol. The van der Waals surface area contributed by atoms with Crippen molar-refractivity contribution >= 4 is 22.8 Å². The molecule has 0 spiro atoms. The molecule has 0 saturated heterocycles. The number of aromatic nitrogens is 6. The van der Waals surface area contributed by atoms with Gasteiger partial charge >= 0.3 is 6.03 Å². The molecule has 0 saturated carbocycles. The summed E-state index contributed by atoms with van der Waals surface area (Å²) in [6.07, 6.45) is 1.28. The maximum atomic E-state index is 12.9. The van der Waals surface area contributed by atoms with Crippen LogP contribution in [-0.4, -0.2) is 41.2 Å². The van der Waals surface area contributed by atoms with Crippen LogP contribution in [-0.2, 0) is 20.6 Å². The molecular formula is C15H18F2N8O2. The fourth-order valence-corrected chi connectivity index (χ4v) is 2.68. The molecule has 0 aliphatic heterocycles. The Labute approximate surface area is 151 Å². The van der Waals surface area contributed by atoms with Gasteiger partial charge in [0.1, 0.15) is 11.7 Å². The van der Waals surface area contributed by atoms with E-state index in [0.717, 1.165) is 0 Å². The van der Waals surface area contributed by atoms with Crippen LogP contribution in [0, 0.1) is 0 Å². The molecule has 0 aliphatic rings. The van der Waals surface area contributed by atoms with Gasteiger partial charge in [-0.1, -0.05) is 0 Å². The molecule has 144 valence electrons. The Morgan fingerprint density at radius 2 is 2.07 bits per heavy atom. The zero-order valence-electron chi connectivity index (χ0n) is 14.8. The van der Waals surface area contributed by atoms with E-state index in [1.165, 1.54) is 39.7 Å². The Balaban J connectivity index is 1.67. The van der Waals surface area contributed by atoms with Gasteiger partial charge in [-0.05, 0) is 6.92 Å². The third-order valence-corrected chi connectivity index (χ3v) is 3.88. The standard InChI is InChI=1S/C15H18F2N8O2/c1-8(5-25-7-18-13-9(14(25)26)4-19-24(13)3)20-15(27)21-10-6-23(2)22-11(10)12(16)17/h4,6-8,12H,5H2,1-3H3,(H2,20,21,27). The average Bonchev–Trinajstić information content (AvgIpc) is 3.13. The van der Waals surface area contributed by atoms with E-state index in [0.29, 0.717) is 11.0 Å². The number of halogens is 2. The first kappa shape index (κ1) is 18.5. The lowest BCUT2D eigenvalue weighted by molar-refractivity contribution is 0.146. The summed E-state index contributed by atoms with van der Waals surface area (Å²) in [4.78, 5) is 28.7. The lowest BCUT2D eigenvalue weighted by Crippen LogP contribution is -2.40. The maximum absolute atomic E-state index is 12.9. The van der Waals surface area contributed by atoms with Gasteiger partial charge in [-0.2, -0.15) is 10.2 Å². The van der Waals surface area contributed by atoms with E-state index in [9.17, 15) is 18.4 Å². The van der Waals surface area contributed by atoms with Gasteiger partial charge in [-0.25, -0.2) is 18.6 Å². The minimum atomic E-state index is -2.81. The van der Waals surface area contributed by atoms with E-state index in [2.05, 4.69) is 25.8 Å². The molecule has 3 aromatic heterocycles. The molecule has 0 aliphatic carbocycles. The van der Waals surface area contributed by atoms with Crippen LogP contribution in [0.1, 0.15) is 19.0 Å². The molecule has 10 nitrogen and oxygen atoms in total. The first-order valence-corrected chi connectivity index (χ1v) is 8.02. The number of anilines is 1. The van der Waals surface area contributed by atoms with E-state index in [1.807, 2.05) is 0 Å². The number of rotatable bonds is 5. The van der Waals surface area contributed by atoms with Crippen LogP contribution < -0.4 is 16.2 Å². The molecule has 0 aromatic carbocycles. The van der Waals surface area contributed by atoms with Crippen molar-refractivity contribution in [3.05, 3.63) is 34.8 Å². The first-order chi connectivity index (χ1) is 12.8. The third-order valence-electron chi connectivity index (χ3n) is 3.88. The quantitative estimate of drug-likeness (QED) is 0.686. The van der Waals surface area contributed by atoms with Gasteiger partial charge in [0.25, 0.3) is 12.0 Å². The SMILES string of the molecule is CC(Cn1cnc2c(cnn2C)c1=O)NC(=O)Nc1cn(C)nc1C(F)F. The molecular weight excluding hydrogens is 362 g/mol. The van der Waals surface area contributed by atoms with Crippen molar-refractivity contribution in [2.45, 2.75) is 25.9 Å². The third kappa shape index (κ3) is 3.78. The van der Waals surface area contributed by atoms with Crippen LogP contribution in [0.2, 0.25) is 0 Å². The van der Waals surface area contributed by atoms with Gasteiger partial charge in [0.05, 0.1) is 11.9 Å². The molecule has 2 N–H and O–H groups in total. The minimum absolute atomic E-state index is 0.0761. The van der Waals surface area contributed by atoms with E-state index in [-0.39, 0.29) is 17.8 Å². The molecule has 0 fully saturated rings. The number of nitrogens with zero attached hydrogens (tertiary/aromatic N) is 6. The number of alkyl halides is 2. The number of fused-ring (bicyclic) bond motifs is 1. The van der Waals surface area contributed by atoms with Gasteiger partial charge in [0, 0.05) is 32.9 Å². The second kappa shape index (κ2) is 7.13. The maximum Gasteiger partial charge on any atom is 0.319 e. The summed E-state index contributed by atoms with van der Waals surface area (Å²) in [7, 11) is 3.16. The molecule has 0 radical (unpaired) electrons. The van der Waals surface area contributed by atoms with Crippen molar-refractivity contribution in [1.82, 2.24) is 34.4 Å². The molecule has 2 amide bonds. The summed E-state index contributed by atoms with van der Waals surface area (Å²) in [5.41, 5.74) is -0.407. The molecule has 12 heteroatoms. The Kier molecular flexibility index (Phi) is 4.88. The Bertz CT molecular complexity index is 1040. The van der Waals surface area contributed by atoms with Crippen LogP contribution in [0.25, 0.3) is 11.0 Å². The van der Waals surface area contributed by atoms with Gasteiger partial charge in [-0.3, -0.25) is 18.7 Å². The second-order valence-electron chi connectivity index (χ2n) is 6.11. The molecule has 1 unspecified atom stereocenters. The van der Waals surface area contributed by atoms with Crippen molar-refractivity contribution in [2.24, 2.45) is 14.1 Å².